The van der Waals surface area contributed by atoms with Gasteiger partial charge in [0.25, 0.3) is 0 Å². The molecule has 0 fully saturated rings. The number of aryl methyl sites for hydroxylation is 1. The van der Waals surface area contributed by atoms with Gasteiger partial charge in [-0.3, -0.25) is 0 Å². The van der Waals surface area contributed by atoms with Crippen LogP contribution in [0.2, 0.25) is 0 Å². The lowest BCUT2D eigenvalue weighted by Crippen LogP contribution is -2.26. The van der Waals surface area contributed by atoms with E-state index in [2.05, 4.69) is 0 Å². The SMILES string of the molecule is O=C(O)c1ccc2nc(-c3ccccc3)c(N3CCCc4cc(C(F)(F)F)ccc43)nc2c1. The Hall–Kier alpha value is -3.94. The highest BCUT2D eigenvalue weighted by atomic mass is 19.4. The van der Waals surface area contributed by atoms with Crippen LogP contribution in [0.5, 0.6) is 0 Å². The maximum absolute atomic E-state index is 13.3. The van der Waals surface area contributed by atoms with Gasteiger partial charge >= 0.3 is 12.1 Å². The minimum absolute atomic E-state index is 0.0871. The van der Waals surface area contributed by atoms with Crippen molar-refractivity contribution in [3.63, 3.8) is 0 Å². The Morgan fingerprint density at radius 2 is 1.73 bits per heavy atom. The van der Waals surface area contributed by atoms with E-state index in [4.69, 9.17) is 9.97 Å². The van der Waals surface area contributed by atoms with Crippen LogP contribution < -0.4 is 4.90 Å². The van der Waals surface area contributed by atoms with Gasteiger partial charge in [0.05, 0.1) is 22.2 Å². The average molecular weight is 449 g/mol. The highest BCUT2D eigenvalue weighted by Gasteiger charge is 2.32. The van der Waals surface area contributed by atoms with Crippen molar-refractivity contribution in [3.05, 3.63) is 83.4 Å². The molecule has 1 aromatic heterocycles. The summed E-state index contributed by atoms with van der Waals surface area (Å²) in [6, 6.07) is 17.7. The number of aromatic nitrogens is 2. The van der Waals surface area contributed by atoms with Crippen molar-refractivity contribution in [2.45, 2.75) is 19.0 Å². The molecule has 0 atom stereocenters. The molecule has 5 nitrogen and oxygen atoms in total. The summed E-state index contributed by atoms with van der Waals surface area (Å²) in [5, 5.41) is 9.37. The van der Waals surface area contributed by atoms with Crippen LogP contribution in [-0.2, 0) is 12.6 Å². The van der Waals surface area contributed by atoms with Crippen LogP contribution in [0.25, 0.3) is 22.3 Å². The molecule has 0 radical (unpaired) electrons. The van der Waals surface area contributed by atoms with Gasteiger partial charge in [0.2, 0.25) is 0 Å². The van der Waals surface area contributed by atoms with Crippen LogP contribution >= 0.6 is 0 Å². The first kappa shape index (κ1) is 20.9. The molecule has 0 unspecified atom stereocenters. The molecule has 0 amide bonds. The molecule has 33 heavy (non-hydrogen) atoms. The zero-order chi connectivity index (χ0) is 23.2. The first-order valence-electron chi connectivity index (χ1n) is 10.4. The number of benzene rings is 3. The molecule has 3 aromatic carbocycles. The first-order chi connectivity index (χ1) is 15.8. The minimum atomic E-state index is -4.41. The maximum atomic E-state index is 13.3. The van der Waals surface area contributed by atoms with Gasteiger partial charge in [-0.05, 0) is 54.8 Å². The summed E-state index contributed by atoms with van der Waals surface area (Å²) >= 11 is 0. The van der Waals surface area contributed by atoms with Gasteiger partial charge in [0.1, 0.15) is 5.69 Å². The summed E-state index contributed by atoms with van der Waals surface area (Å²) in [5.74, 6) is -0.590. The summed E-state index contributed by atoms with van der Waals surface area (Å²) < 4.78 is 39.8. The number of carboxylic acid groups (broad SMARTS) is 1. The highest BCUT2D eigenvalue weighted by molar-refractivity contribution is 5.94. The van der Waals surface area contributed by atoms with Gasteiger partial charge in [-0.15, -0.1) is 0 Å². The molecular weight excluding hydrogens is 431 g/mol. The summed E-state index contributed by atoms with van der Waals surface area (Å²) in [6.07, 6.45) is -3.24. The van der Waals surface area contributed by atoms with Crippen molar-refractivity contribution in [1.29, 1.82) is 0 Å². The molecule has 1 aliphatic heterocycles. The van der Waals surface area contributed by atoms with Gasteiger partial charge < -0.3 is 10.0 Å². The zero-order valence-corrected chi connectivity index (χ0v) is 17.3. The molecule has 0 saturated carbocycles. The van der Waals surface area contributed by atoms with E-state index >= 15 is 0 Å². The van der Waals surface area contributed by atoms with E-state index in [9.17, 15) is 23.1 Å². The number of anilines is 2. The Bertz CT molecular complexity index is 1370. The van der Waals surface area contributed by atoms with E-state index in [1.54, 1.807) is 6.07 Å². The minimum Gasteiger partial charge on any atom is -0.478 e. The lowest BCUT2D eigenvalue weighted by Gasteiger charge is -2.32. The predicted octanol–water partition coefficient (Wildman–Crippen LogP) is 6.10. The molecule has 1 N–H and O–H groups in total. The predicted molar refractivity (Wildman–Crippen MR) is 119 cm³/mol. The molecule has 2 heterocycles. The summed E-state index contributed by atoms with van der Waals surface area (Å²) in [4.78, 5) is 22.9. The topological polar surface area (TPSA) is 66.3 Å². The van der Waals surface area contributed by atoms with Gasteiger partial charge in [0.15, 0.2) is 5.82 Å². The highest BCUT2D eigenvalue weighted by Crippen LogP contribution is 2.40. The largest absolute Gasteiger partial charge is 0.478 e. The number of aromatic carboxylic acids is 1. The number of carbonyl (C=O) groups is 1. The number of hydrogen-bond donors (Lipinski definition) is 1. The van der Waals surface area contributed by atoms with Crippen LogP contribution in [0.15, 0.2) is 66.7 Å². The number of rotatable bonds is 3. The third-order valence-electron chi connectivity index (χ3n) is 5.72. The van der Waals surface area contributed by atoms with E-state index in [1.807, 2.05) is 35.2 Å². The summed E-state index contributed by atoms with van der Waals surface area (Å²) in [5.41, 5.74) is 2.98. The van der Waals surface area contributed by atoms with Crippen molar-refractivity contribution < 1.29 is 23.1 Å². The molecule has 0 saturated heterocycles. The van der Waals surface area contributed by atoms with Gasteiger partial charge in [-0.1, -0.05) is 30.3 Å². The molecule has 0 spiro atoms. The fourth-order valence-corrected chi connectivity index (χ4v) is 4.15. The molecular formula is C25H18F3N3O2. The molecule has 0 aliphatic carbocycles. The number of fused-ring (bicyclic) bond motifs is 2. The van der Waals surface area contributed by atoms with Crippen LogP contribution in [-0.4, -0.2) is 27.6 Å². The maximum Gasteiger partial charge on any atom is 0.416 e. The number of nitrogens with zero attached hydrogens (tertiary/aromatic N) is 3. The van der Waals surface area contributed by atoms with E-state index < -0.39 is 17.7 Å². The van der Waals surface area contributed by atoms with Gasteiger partial charge in [-0.2, -0.15) is 13.2 Å². The van der Waals surface area contributed by atoms with E-state index in [1.165, 1.54) is 24.3 Å². The van der Waals surface area contributed by atoms with Crippen LogP contribution in [0.1, 0.15) is 27.9 Å². The molecule has 8 heteroatoms. The van der Waals surface area contributed by atoms with Crippen molar-refractivity contribution in [2.24, 2.45) is 0 Å². The second-order valence-electron chi connectivity index (χ2n) is 7.87. The number of alkyl halides is 3. The van der Waals surface area contributed by atoms with Crippen molar-refractivity contribution in [3.8, 4) is 11.3 Å². The molecule has 5 rings (SSSR count). The normalized spacial score (nSPS) is 13.7. The van der Waals surface area contributed by atoms with Crippen molar-refractivity contribution >= 4 is 28.5 Å². The first-order valence-corrected chi connectivity index (χ1v) is 10.4. The van der Waals surface area contributed by atoms with E-state index in [0.717, 1.165) is 11.6 Å². The van der Waals surface area contributed by atoms with Crippen molar-refractivity contribution in [2.75, 3.05) is 11.4 Å². The second kappa shape index (κ2) is 7.88. The Morgan fingerprint density at radius 3 is 2.45 bits per heavy atom. The Balaban J connectivity index is 1.72. The molecule has 166 valence electrons. The van der Waals surface area contributed by atoms with Crippen LogP contribution in [0.4, 0.5) is 24.7 Å². The lowest BCUT2D eigenvalue weighted by atomic mass is 9.98. The second-order valence-corrected chi connectivity index (χ2v) is 7.87. The van der Waals surface area contributed by atoms with Gasteiger partial charge in [0, 0.05) is 17.8 Å². The van der Waals surface area contributed by atoms with Crippen LogP contribution in [0, 0.1) is 0 Å². The standard InChI is InChI=1S/C25H18F3N3O2/c26-25(27,28)18-9-11-21-16(13-18)7-4-12-31(21)23-22(15-5-2-1-3-6-15)29-19-10-8-17(24(32)33)14-20(19)30-23/h1-3,5-6,8-11,13-14H,4,7,12H2,(H,32,33). The average Bonchev–Trinajstić information content (AvgIpc) is 2.82. The fraction of sp³-hybridized carbons (Fsp3) is 0.160. The number of hydrogen-bond acceptors (Lipinski definition) is 4. The van der Waals surface area contributed by atoms with Crippen LogP contribution in [0.3, 0.4) is 0 Å². The summed E-state index contributed by atoms with van der Waals surface area (Å²) in [7, 11) is 0. The van der Waals surface area contributed by atoms with E-state index in [-0.39, 0.29) is 5.56 Å². The lowest BCUT2D eigenvalue weighted by molar-refractivity contribution is -0.137. The fourth-order valence-electron chi connectivity index (χ4n) is 4.15. The Kier molecular flexibility index (Phi) is 5.00. The smallest absolute Gasteiger partial charge is 0.416 e. The number of carboxylic acids is 1. The van der Waals surface area contributed by atoms with Gasteiger partial charge in [-0.25, -0.2) is 14.8 Å². The summed E-state index contributed by atoms with van der Waals surface area (Å²) in [6.45, 7) is 0.553. The molecule has 0 bridgehead atoms. The quantitative estimate of drug-likeness (QED) is 0.410. The molecule has 1 aliphatic rings. The third kappa shape index (κ3) is 3.88. The van der Waals surface area contributed by atoms with Crippen molar-refractivity contribution in [1.82, 2.24) is 9.97 Å². The van der Waals surface area contributed by atoms with E-state index in [0.29, 0.717) is 53.2 Å². The third-order valence-corrected chi connectivity index (χ3v) is 5.72. The Labute approximate surface area is 187 Å². The molecule has 4 aromatic rings. The zero-order valence-electron chi connectivity index (χ0n) is 17.3. The number of halogens is 3. The Morgan fingerprint density at radius 1 is 0.939 bits per heavy atom. The monoisotopic (exact) mass is 449 g/mol.